The molecule has 0 aliphatic carbocycles. The highest BCUT2D eigenvalue weighted by Gasteiger charge is 2.02. The molecule has 0 aromatic heterocycles. The average molecular weight is 231 g/mol. The van der Waals surface area contributed by atoms with Crippen molar-refractivity contribution in [1.82, 2.24) is 5.32 Å². The highest BCUT2D eigenvalue weighted by atomic mass is 32.2. The van der Waals surface area contributed by atoms with Gasteiger partial charge in [0.05, 0.1) is 0 Å². The van der Waals surface area contributed by atoms with Crippen LogP contribution in [-0.2, 0) is 0 Å². The third-order valence-electron chi connectivity index (χ3n) is 2.94. The van der Waals surface area contributed by atoms with Crippen molar-refractivity contribution in [1.29, 1.82) is 0 Å². The van der Waals surface area contributed by atoms with E-state index in [-0.39, 0.29) is 0 Å². The normalized spacial score (nSPS) is 15.2. The second kappa shape index (κ2) is 10.8. The van der Waals surface area contributed by atoms with E-state index in [1.54, 1.807) is 0 Å². The number of unbranched alkanes of at least 4 members (excludes halogenated alkanes) is 3. The van der Waals surface area contributed by atoms with Crippen molar-refractivity contribution in [2.75, 3.05) is 12.8 Å². The molecule has 0 rings (SSSR count). The zero-order chi connectivity index (χ0) is 11.5. The summed E-state index contributed by atoms with van der Waals surface area (Å²) in [5, 5.41) is 4.41. The number of rotatable bonds is 10. The maximum absolute atomic E-state index is 3.61. The van der Waals surface area contributed by atoms with Crippen LogP contribution < -0.4 is 5.32 Å². The Bertz CT molecular complexity index is 128. The fourth-order valence-electron chi connectivity index (χ4n) is 1.63. The summed E-state index contributed by atoms with van der Waals surface area (Å²) in [5.74, 6) is 0. The highest BCUT2D eigenvalue weighted by molar-refractivity contribution is 7.99. The molecule has 92 valence electrons. The monoisotopic (exact) mass is 231 g/mol. The van der Waals surface area contributed by atoms with Gasteiger partial charge in [0.2, 0.25) is 0 Å². The Kier molecular flexibility index (Phi) is 11.0. The van der Waals surface area contributed by atoms with Crippen LogP contribution in [0.25, 0.3) is 0 Å². The van der Waals surface area contributed by atoms with E-state index in [0.717, 1.165) is 5.25 Å². The summed E-state index contributed by atoms with van der Waals surface area (Å²) in [4.78, 5) is 0. The first-order valence-corrected chi connectivity index (χ1v) is 7.75. The predicted octanol–water partition coefficient (Wildman–Crippen LogP) is 4.08. The summed E-state index contributed by atoms with van der Waals surface area (Å²) in [6.07, 6.45) is 10.4. The molecule has 0 heterocycles. The molecule has 2 unspecified atom stereocenters. The quantitative estimate of drug-likeness (QED) is 0.569. The Balaban J connectivity index is 3.21. The van der Waals surface area contributed by atoms with Crippen molar-refractivity contribution in [3.05, 3.63) is 0 Å². The lowest BCUT2D eigenvalue weighted by molar-refractivity contribution is 0.478. The van der Waals surface area contributed by atoms with Gasteiger partial charge in [0.15, 0.2) is 0 Å². The zero-order valence-corrected chi connectivity index (χ0v) is 11.8. The lowest BCUT2D eigenvalue weighted by atomic mass is 10.1. The molecular weight excluding hydrogens is 202 g/mol. The van der Waals surface area contributed by atoms with Gasteiger partial charge in [0.1, 0.15) is 0 Å². The standard InChI is InChI=1S/C13H29NS/c1-5-6-7-8-9-12(2)14-11-10-13(3)15-4/h12-14H,5-11H2,1-4H3. The summed E-state index contributed by atoms with van der Waals surface area (Å²) in [5.41, 5.74) is 0. The highest BCUT2D eigenvalue weighted by Crippen LogP contribution is 2.09. The molecule has 1 nitrogen and oxygen atoms in total. The van der Waals surface area contributed by atoms with Crippen LogP contribution in [0.1, 0.15) is 59.3 Å². The summed E-state index contributed by atoms with van der Waals surface area (Å²) < 4.78 is 0. The Hall–Kier alpha value is 0.310. The zero-order valence-electron chi connectivity index (χ0n) is 11.0. The Morgan fingerprint density at radius 2 is 1.80 bits per heavy atom. The fourth-order valence-corrected chi connectivity index (χ4v) is 1.98. The van der Waals surface area contributed by atoms with Crippen LogP contribution in [0.4, 0.5) is 0 Å². The van der Waals surface area contributed by atoms with Crippen molar-refractivity contribution in [2.24, 2.45) is 0 Å². The smallest absolute Gasteiger partial charge is 0.00387 e. The molecule has 0 aliphatic rings. The molecule has 0 saturated heterocycles. The van der Waals surface area contributed by atoms with Crippen LogP contribution in [0.3, 0.4) is 0 Å². The second-order valence-corrected chi connectivity index (χ2v) is 5.82. The van der Waals surface area contributed by atoms with Gasteiger partial charge >= 0.3 is 0 Å². The fraction of sp³-hybridized carbons (Fsp3) is 1.00. The molecular formula is C13H29NS. The molecule has 0 spiro atoms. The number of thioether (sulfide) groups is 1. The molecule has 1 N–H and O–H groups in total. The lowest BCUT2D eigenvalue weighted by Gasteiger charge is -2.15. The molecule has 0 radical (unpaired) electrons. The van der Waals surface area contributed by atoms with E-state index in [0.29, 0.717) is 6.04 Å². The molecule has 15 heavy (non-hydrogen) atoms. The molecule has 0 saturated carbocycles. The van der Waals surface area contributed by atoms with Crippen LogP contribution >= 0.6 is 11.8 Å². The first-order chi connectivity index (χ1) is 7.20. The van der Waals surface area contributed by atoms with Crippen LogP contribution in [0.2, 0.25) is 0 Å². The van der Waals surface area contributed by atoms with E-state index in [9.17, 15) is 0 Å². The SMILES string of the molecule is CCCCCCC(C)NCCC(C)SC. The Morgan fingerprint density at radius 3 is 2.40 bits per heavy atom. The van der Waals surface area contributed by atoms with E-state index in [2.05, 4.69) is 32.3 Å². The average Bonchev–Trinajstić information content (AvgIpc) is 2.24. The summed E-state index contributed by atoms with van der Waals surface area (Å²) in [6.45, 7) is 8.07. The van der Waals surface area contributed by atoms with Crippen LogP contribution in [0.5, 0.6) is 0 Å². The minimum atomic E-state index is 0.705. The molecule has 2 heteroatoms. The van der Waals surface area contributed by atoms with Gasteiger partial charge in [0, 0.05) is 11.3 Å². The molecule has 0 aromatic carbocycles. The van der Waals surface area contributed by atoms with Gasteiger partial charge in [-0.15, -0.1) is 0 Å². The Labute approximate surface area is 101 Å². The lowest BCUT2D eigenvalue weighted by Crippen LogP contribution is -2.28. The summed E-state index contributed by atoms with van der Waals surface area (Å²) in [6, 6.07) is 0.705. The van der Waals surface area contributed by atoms with E-state index in [1.807, 2.05) is 11.8 Å². The van der Waals surface area contributed by atoms with Crippen molar-refractivity contribution in [2.45, 2.75) is 70.6 Å². The van der Waals surface area contributed by atoms with E-state index >= 15 is 0 Å². The van der Waals surface area contributed by atoms with Crippen molar-refractivity contribution < 1.29 is 0 Å². The third kappa shape index (κ3) is 10.6. The predicted molar refractivity (Wildman–Crippen MR) is 73.8 cm³/mol. The van der Waals surface area contributed by atoms with Crippen molar-refractivity contribution in [3.63, 3.8) is 0 Å². The number of hydrogen-bond donors (Lipinski definition) is 1. The van der Waals surface area contributed by atoms with Gasteiger partial charge in [-0.2, -0.15) is 11.8 Å². The minimum absolute atomic E-state index is 0.705. The number of hydrogen-bond acceptors (Lipinski definition) is 2. The first-order valence-electron chi connectivity index (χ1n) is 6.46. The van der Waals surface area contributed by atoms with Gasteiger partial charge in [-0.3, -0.25) is 0 Å². The van der Waals surface area contributed by atoms with Gasteiger partial charge in [-0.25, -0.2) is 0 Å². The number of nitrogens with one attached hydrogen (secondary N) is 1. The van der Waals surface area contributed by atoms with E-state index < -0.39 is 0 Å². The molecule has 2 atom stereocenters. The summed E-state index contributed by atoms with van der Waals surface area (Å²) >= 11 is 1.96. The van der Waals surface area contributed by atoms with Gasteiger partial charge in [-0.05, 0) is 32.6 Å². The van der Waals surface area contributed by atoms with E-state index in [4.69, 9.17) is 0 Å². The minimum Gasteiger partial charge on any atom is -0.314 e. The topological polar surface area (TPSA) is 12.0 Å². The maximum Gasteiger partial charge on any atom is 0.00387 e. The Morgan fingerprint density at radius 1 is 1.07 bits per heavy atom. The van der Waals surface area contributed by atoms with Crippen LogP contribution in [0, 0.1) is 0 Å². The van der Waals surface area contributed by atoms with Gasteiger partial charge in [0.25, 0.3) is 0 Å². The summed E-state index contributed by atoms with van der Waals surface area (Å²) in [7, 11) is 0. The van der Waals surface area contributed by atoms with Crippen molar-refractivity contribution in [3.8, 4) is 0 Å². The van der Waals surface area contributed by atoms with E-state index in [1.165, 1.54) is 45.1 Å². The van der Waals surface area contributed by atoms with Crippen LogP contribution in [-0.4, -0.2) is 24.1 Å². The molecule has 0 bridgehead atoms. The van der Waals surface area contributed by atoms with Crippen LogP contribution in [0.15, 0.2) is 0 Å². The van der Waals surface area contributed by atoms with Gasteiger partial charge in [-0.1, -0.05) is 39.5 Å². The van der Waals surface area contributed by atoms with Crippen molar-refractivity contribution >= 4 is 11.8 Å². The third-order valence-corrected chi connectivity index (χ3v) is 3.98. The molecule has 0 aromatic rings. The second-order valence-electron chi connectivity index (χ2n) is 4.54. The van der Waals surface area contributed by atoms with Gasteiger partial charge < -0.3 is 5.32 Å². The first kappa shape index (κ1) is 15.3. The largest absolute Gasteiger partial charge is 0.314 e. The molecule has 0 amide bonds. The molecule has 0 fully saturated rings. The maximum atomic E-state index is 3.61. The molecule has 0 aliphatic heterocycles.